The van der Waals surface area contributed by atoms with E-state index in [4.69, 9.17) is 0 Å². The van der Waals surface area contributed by atoms with Crippen LogP contribution in [0.5, 0.6) is 0 Å². The lowest BCUT2D eigenvalue weighted by atomic mass is 10.1. The Kier molecular flexibility index (Phi) is 5.09. The topological polar surface area (TPSA) is 41.1 Å². The van der Waals surface area contributed by atoms with Gasteiger partial charge < -0.3 is 10.6 Å². The van der Waals surface area contributed by atoms with Gasteiger partial charge in [-0.3, -0.25) is 4.79 Å². The number of amides is 1. The summed E-state index contributed by atoms with van der Waals surface area (Å²) in [6.07, 6.45) is 3.56. The third kappa shape index (κ3) is 4.20. The van der Waals surface area contributed by atoms with Crippen molar-refractivity contribution < 1.29 is 4.79 Å². The van der Waals surface area contributed by atoms with E-state index >= 15 is 0 Å². The standard InChI is InChI=1S/C12H24N2O/c1-4-13-8-10(3)12(15)14-11-6-5-9(2)7-11/h9-11,13H,4-8H2,1-3H3,(H,14,15). The van der Waals surface area contributed by atoms with Gasteiger partial charge in [0.1, 0.15) is 0 Å². The molecule has 0 bridgehead atoms. The number of nitrogens with one attached hydrogen (secondary N) is 2. The summed E-state index contributed by atoms with van der Waals surface area (Å²) in [5.41, 5.74) is 0. The summed E-state index contributed by atoms with van der Waals surface area (Å²) in [6.45, 7) is 8.01. The second kappa shape index (κ2) is 6.11. The normalized spacial score (nSPS) is 27.7. The Morgan fingerprint density at radius 2 is 2.20 bits per heavy atom. The van der Waals surface area contributed by atoms with Crippen LogP contribution in [-0.4, -0.2) is 25.0 Å². The Morgan fingerprint density at radius 1 is 1.47 bits per heavy atom. The fourth-order valence-electron chi connectivity index (χ4n) is 2.14. The van der Waals surface area contributed by atoms with Gasteiger partial charge in [-0.05, 0) is 31.7 Å². The summed E-state index contributed by atoms with van der Waals surface area (Å²) in [4.78, 5) is 11.8. The van der Waals surface area contributed by atoms with Gasteiger partial charge in [0.15, 0.2) is 0 Å². The Labute approximate surface area is 93.0 Å². The fraction of sp³-hybridized carbons (Fsp3) is 0.917. The number of carbonyl (C=O) groups is 1. The Balaban J connectivity index is 2.22. The fourth-order valence-corrected chi connectivity index (χ4v) is 2.14. The minimum absolute atomic E-state index is 0.0841. The van der Waals surface area contributed by atoms with Crippen molar-refractivity contribution >= 4 is 5.91 Å². The smallest absolute Gasteiger partial charge is 0.224 e. The molecule has 15 heavy (non-hydrogen) atoms. The maximum Gasteiger partial charge on any atom is 0.224 e. The van der Waals surface area contributed by atoms with Gasteiger partial charge in [0, 0.05) is 18.5 Å². The predicted molar refractivity (Wildman–Crippen MR) is 62.7 cm³/mol. The van der Waals surface area contributed by atoms with Crippen LogP contribution in [0.15, 0.2) is 0 Å². The van der Waals surface area contributed by atoms with Crippen molar-refractivity contribution in [2.24, 2.45) is 11.8 Å². The first kappa shape index (κ1) is 12.5. The van der Waals surface area contributed by atoms with E-state index in [1.54, 1.807) is 0 Å². The zero-order valence-corrected chi connectivity index (χ0v) is 10.2. The number of carbonyl (C=O) groups excluding carboxylic acids is 1. The molecular formula is C12H24N2O. The van der Waals surface area contributed by atoms with E-state index < -0.39 is 0 Å². The van der Waals surface area contributed by atoms with Crippen molar-refractivity contribution in [3.63, 3.8) is 0 Å². The largest absolute Gasteiger partial charge is 0.353 e. The molecule has 0 aromatic carbocycles. The van der Waals surface area contributed by atoms with Crippen molar-refractivity contribution in [3.8, 4) is 0 Å². The molecule has 0 aliphatic heterocycles. The molecule has 2 N–H and O–H groups in total. The van der Waals surface area contributed by atoms with Crippen molar-refractivity contribution in [1.82, 2.24) is 10.6 Å². The first-order valence-corrected chi connectivity index (χ1v) is 6.14. The van der Waals surface area contributed by atoms with Crippen LogP contribution in [0.1, 0.15) is 40.0 Å². The summed E-state index contributed by atoms with van der Waals surface area (Å²) in [5, 5.41) is 6.34. The molecule has 88 valence electrons. The monoisotopic (exact) mass is 212 g/mol. The van der Waals surface area contributed by atoms with E-state index in [-0.39, 0.29) is 11.8 Å². The lowest BCUT2D eigenvalue weighted by molar-refractivity contribution is -0.125. The molecule has 1 saturated carbocycles. The van der Waals surface area contributed by atoms with Crippen LogP contribution >= 0.6 is 0 Å². The molecule has 0 saturated heterocycles. The first-order chi connectivity index (χ1) is 7.13. The van der Waals surface area contributed by atoms with Crippen molar-refractivity contribution in [3.05, 3.63) is 0 Å². The van der Waals surface area contributed by atoms with Crippen LogP contribution in [0.4, 0.5) is 0 Å². The van der Waals surface area contributed by atoms with E-state index in [1.165, 1.54) is 6.42 Å². The molecule has 0 aromatic heterocycles. The Morgan fingerprint density at radius 3 is 2.73 bits per heavy atom. The van der Waals surface area contributed by atoms with Crippen LogP contribution in [0.3, 0.4) is 0 Å². The van der Waals surface area contributed by atoms with Gasteiger partial charge in [-0.15, -0.1) is 0 Å². The van der Waals surface area contributed by atoms with E-state index in [0.717, 1.165) is 31.8 Å². The van der Waals surface area contributed by atoms with Crippen LogP contribution in [0.2, 0.25) is 0 Å². The third-order valence-corrected chi connectivity index (χ3v) is 3.19. The Hall–Kier alpha value is -0.570. The van der Waals surface area contributed by atoms with E-state index in [2.05, 4.69) is 24.5 Å². The van der Waals surface area contributed by atoms with E-state index in [1.807, 2.05) is 6.92 Å². The van der Waals surface area contributed by atoms with Crippen LogP contribution < -0.4 is 10.6 Å². The summed E-state index contributed by atoms with van der Waals surface area (Å²) >= 11 is 0. The summed E-state index contributed by atoms with van der Waals surface area (Å²) in [5.74, 6) is 1.07. The highest BCUT2D eigenvalue weighted by atomic mass is 16.1. The second-order valence-electron chi connectivity index (χ2n) is 4.83. The summed E-state index contributed by atoms with van der Waals surface area (Å²) < 4.78 is 0. The Bertz CT molecular complexity index is 206. The second-order valence-corrected chi connectivity index (χ2v) is 4.83. The van der Waals surface area contributed by atoms with Crippen molar-refractivity contribution in [2.45, 2.75) is 46.1 Å². The molecule has 0 radical (unpaired) electrons. The molecule has 1 aliphatic rings. The molecule has 3 unspecified atom stereocenters. The van der Waals surface area contributed by atoms with Crippen LogP contribution in [0, 0.1) is 11.8 Å². The third-order valence-electron chi connectivity index (χ3n) is 3.19. The van der Waals surface area contributed by atoms with Gasteiger partial charge in [0.25, 0.3) is 0 Å². The van der Waals surface area contributed by atoms with Gasteiger partial charge in [-0.2, -0.15) is 0 Å². The maximum atomic E-state index is 11.8. The lowest BCUT2D eigenvalue weighted by Crippen LogP contribution is -2.40. The van der Waals surface area contributed by atoms with Crippen molar-refractivity contribution in [2.75, 3.05) is 13.1 Å². The zero-order valence-electron chi connectivity index (χ0n) is 10.2. The molecule has 3 nitrogen and oxygen atoms in total. The average molecular weight is 212 g/mol. The predicted octanol–water partition coefficient (Wildman–Crippen LogP) is 1.54. The maximum absolute atomic E-state index is 11.8. The zero-order chi connectivity index (χ0) is 11.3. The van der Waals surface area contributed by atoms with Crippen LogP contribution in [-0.2, 0) is 4.79 Å². The molecule has 0 spiro atoms. The van der Waals surface area contributed by atoms with Crippen molar-refractivity contribution in [1.29, 1.82) is 0 Å². The molecule has 0 heterocycles. The molecule has 0 aromatic rings. The quantitative estimate of drug-likeness (QED) is 0.726. The summed E-state index contributed by atoms with van der Waals surface area (Å²) in [7, 11) is 0. The van der Waals surface area contributed by atoms with E-state index in [0.29, 0.717) is 6.04 Å². The summed E-state index contributed by atoms with van der Waals surface area (Å²) in [6, 6.07) is 0.427. The number of hydrogen-bond donors (Lipinski definition) is 2. The highest BCUT2D eigenvalue weighted by molar-refractivity contribution is 5.78. The highest BCUT2D eigenvalue weighted by Gasteiger charge is 2.24. The molecular weight excluding hydrogens is 188 g/mol. The SMILES string of the molecule is CCNCC(C)C(=O)NC1CCC(C)C1. The first-order valence-electron chi connectivity index (χ1n) is 6.14. The molecule has 1 rings (SSSR count). The molecule has 3 heteroatoms. The number of rotatable bonds is 5. The van der Waals surface area contributed by atoms with Gasteiger partial charge in [0.2, 0.25) is 5.91 Å². The molecule has 1 fully saturated rings. The average Bonchev–Trinajstić information content (AvgIpc) is 2.60. The molecule has 3 atom stereocenters. The van der Waals surface area contributed by atoms with Gasteiger partial charge >= 0.3 is 0 Å². The number of hydrogen-bond acceptors (Lipinski definition) is 2. The van der Waals surface area contributed by atoms with Gasteiger partial charge in [-0.25, -0.2) is 0 Å². The lowest BCUT2D eigenvalue weighted by Gasteiger charge is -2.17. The highest BCUT2D eigenvalue weighted by Crippen LogP contribution is 2.24. The minimum atomic E-state index is 0.0841. The molecule has 1 amide bonds. The van der Waals surface area contributed by atoms with E-state index in [9.17, 15) is 4.79 Å². The minimum Gasteiger partial charge on any atom is -0.353 e. The van der Waals surface area contributed by atoms with Gasteiger partial charge in [0.05, 0.1) is 0 Å². The van der Waals surface area contributed by atoms with Crippen LogP contribution in [0.25, 0.3) is 0 Å². The molecule has 1 aliphatic carbocycles. The van der Waals surface area contributed by atoms with Gasteiger partial charge in [-0.1, -0.05) is 20.8 Å².